The molecule has 0 atom stereocenters. The van der Waals surface area contributed by atoms with Crippen molar-refractivity contribution in [3.05, 3.63) is 36.4 Å². The standard InChI is InChI=1S/C12H16O3Si/c1-5-10-8-6-7-9-11(10)15-16-12(2,13-3)14-4/h5-9H,1H2,2-4H3. The van der Waals surface area contributed by atoms with Gasteiger partial charge in [0.15, 0.2) is 5.41 Å². The monoisotopic (exact) mass is 236 g/mol. The molecule has 0 spiro atoms. The minimum Gasteiger partial charge on any atom is -0.535 e. The Kier molecular flexibility index (Phi) is 4.73. The van der Waals surface area contributed by atoms with Gasteiger partial charge >= 0.3 is 9.76 Å². The normalized spacial score (nSPS) is 11.2. The summed E-state index contributed by atoms with van der Waals surface area (Å²) in [6.07, 6.45) is 1.76. The second-order valence-corrected chi connectivity index (χ2v) is 4.62. The fourth-order valence-electron chi connectivity index (χ4n) is 1.06. The number of ether oxygens (including phenoxy) is 2. The second kappa shape index (κ2) is 5.84. The first kappa shape index (κ1) is 13.0. The van der Waals surface area contributed by atoms with Gasteiger partial charge in [-0.15, -0.1) is 0 Å². The number of rotatable bonds is 6. The van der Waals surface area contributed by atoms with E-state index in [-0.39, 0.29) is 9.76 Å². The fraction of sp³-hybridized carbons (Fsp3) is 0.333. The van der Waals surface area contributed by atoms with E-state index in [0.717, 1.165) is 11.3 Å². The molecule has 3 nitrogen and oxygen atoms in total. The van der Waals surface area contributed by atoms with E-state index in [0.29, 0.717) is 0 Å². The zero-order chi connectivity index (χ0) is 12.0. The summed E-state index contributed by atoms with van der Waals surface area (Å²) in [6.45, 7) is 5.57. The quantitative estimate of drug-likeness (QED) is 0.560. The molecule has 0 aromatic heterocycles. The summed E-state index contributed by atoms with van der Waals surface area (Å²) in [5.41, 5.74) is 0.262. The average molecular weight is 236 g/mol. The maximum absolute atomic E-state index is 5.68. The van der Waals surface area contributed by atoms with Crippen LogP contribution in [0.5, 0.6) is 5.75 Å². The first-order valence-electron chi connectivity index (χ1n) is 4.91. The van der Waals surface area contributed by atoms with Gasteiger partial charge in [0, 0.05) is 19.8 Å². The van der Waals surface area contributed by atoms with Gasteiger partial charge in [-0.05, 0) is 13.0 Å². The van der Waals surface area contributed by atoms with E-state index in [2.05, 4.69) is 6.58 Å². The Morgan fingerprint density at radius 1 is 1.25 bits per heavy atom. The summed E-state index contributed by atoms with van der Waals surface area (Å²) in [7, 11) is 3.25. The summed E-state index contributed by atoms with van der Waals surface area (Å²) in [5.74, 6) is 0.788. The zero-order valence-corrected chi connectivity index (χ0v) is 10.8. The van der Waals surface area contributed by atoms with Gasteiger partial charge in [0.2, 0.25) is 0 Å². The molecule has 0 saturated carbocycles. The van der Waals surface area contributed by atoms with Crippen LogP contribution in [0.15, 0.2) is 30.8 Å². The summed E-state index contributed by atoms with van der Waals surface area (Å²) in [4.78, 5) is 0. The first-order chi connectivity index (χ1) is 7.65. The number of methoxy groups -OCH3 is 2. The molecule has 86 valence electrons. The topological polar surface area (TPSA) is 27.7 Å². The lowest BCUT2D eigenvalue weighted by Crippen LogP contribution is -2.40. The van der Waals surface area contributed by atoms with Crippen molar-refractivity contribution in [2.75, 3.05) is 14.2 Å². The Morgan fingerprint density at radius 3 is 2.44 bits per heavy atom. The third kappa shape index (κ3) is 3.20. The van der Waals surface area contributed by atoms with Crippen LogP contribution >= 0.6 is 0 Å². The molecule has 0 bridgehead atoms. The lowest BCUT2D eigenvalue weighted by Gasteiger charge is -2.24. The molecule has 0 amide bonds. The SMILES string of the molecule is C=Cc1ccccc1O[Si]C(C)(OC)OC. The van der Waals surface area contributed by atoms with Crippen LogP contribution in [0.1, 0.15) is 12.5 Å². The smallest absolute Gasteiger partial charge is 0.381 e. The summed E-state index contributed by atoms with van der Waals surface area (Å²) >= 11 is 0. The summed E-state index contributed by atoms with van der Waals surface area (Å²) < 4.78 is 16.1. The van der Waals surface area contributed by atoms with E-state index in [4.69, 9.17) is 13.9 Å². The highest BCUT2D eigenvalue weighted by Gasteiger charge is 2.27. The van der Waals surface area contributed by atoms with Crippen molar-refractivity contribution in [1.82, 2.24) is 0 Å². The Morgan fingerprint density at radius 2 is 1.88 bits per heavy atom. The van der Waals surface area contributed by atoms with Crippen molar-refractivity contribution in [3.8, 4) is 5.75 Å². The summed E-state index contributed by atoms with van der Waals surface area (Å²) in [5, 5.41) is 0. The molecular formula is C12H16O3Si. The van der Waals surface area contributed by atoms with Gasteiger partial charge in [-0.2, -0.15) is 0 Å². The van der Waals surface area contributed by atoms with Gasteiger partial charge in [0.1, 0.15) is 5.75 Å². The predicted molar refractivity (Wildman–Crippen MR) is 65.3 cm³/mol. The lowest BCUT2D eigenvalue weighted by atomic mass is 10.2. The highest BCUT2D eigenvalue weighted by Crippen LogP contribution is 2.20. The minimum atomic E-state index is -0.700. The Hall–Kier alpha value is -1.10. The number of para-hydroxylation sites is 1. The molecule has 0 N–H and O–H groups in total. The van der Waals surface area contributed by atoms with Gasteiger partial charge in [-0.3, -0.25) is 0 Å². The van der Waals surface area contributed by atoms with Crippen LogP contribution in [0.3, 0.4) is 0 Å². The number of benzene rings is 1. The third-order valence-electron chi connectivity index (χ3n) is 2.26. The molecule has 1 aromatic rings. The van der Waals surface area contributed by atoms with Gasteiger partial charge < -0.3 is 13.9 Å². The lowest BCUT2D eigenvalue weighted by molar-refractivity contribution is -0.135. The molecule has 0 aliphatic rings. The second-order valence-electron chi connectivity index (χ2n) is 3.30. The van der Waals surface area contributed by atoms with E-state index in [1.54, 1.807) is 20.3 Å². The highest BCUT2D eigenvalue weighted by molar-refractivity contribution is 6.32. The molecule has 0 saturated heterocycles. The van der Waals surface area contributed by atoms with Crippen LogP contribution in [0.2, 0.25) is 0 Å². The molecule has 0 aliphatic heterocycles. The van der Waals surface area contributed by atoms with Crippen molar-refractivity contribution in [2.45, 2.75) is 12.3 Å². The fourth-order valence-corrected chi connectivity index (χ4v) is 1.70. The molecule has 0 heterocycles. The molecule has 0 aliphatic carbocycles. The van der Waals surface area contributed by atoms with Crippen molar-refractivity contribution < 1.29 is 13.9 Å². The minimum absolute atomic E-state index is 0.0609. The van der Waals surface area contributed by atoms with Crippen LogP contribution in [0.25, 0.3) is 6.08 Å². The largest absolute Gasteiger partial charge is 0.535 e. The molecule has 16 heavy (non-hydrogen) atoms. The maximum Gasteiger partial charge on any atom is 0.381 e. The Bertz CT molecular complexity index is 348. The van der Waals surface area contributed by atoms with Crippen molar-refractivity contribution >= 4 is 15.8 Å². The number of hydrogen-bond acceptors (Lipinski definition) is 3. The van der Waals surface area contributed by atoms with Crippen LogP contribution in [-0.4, -0.2) is 29.4 Å². The van der Waals surface area contributed by atoms with Crippen molar-refractivity contribution in [3.63, 3.8) is 0 Å². The predicted octanol–water partition coefficient (Wildman–Crippen LogP) is 2.29. The summed E-state index contributed by atoms with van der Waals surface area (Å²) in [6, 6.07) is 7.71. The van der Waals surface area contributed by atoms with E-state index in [9.17, 15) is 0 Å². The van der Waals surface area contributed by atoms with Crippen LogP contribution in [0.4, 0.5) is 0 Å². The van der Waals surface area contributed by atoms with Gasteiger partial charge in [0.05, 0.1) is 0 Å². The van der Waals surface area contributed by atoms with Crippen LogP contribution in [0, 0.1) is 0 Å². The van der Waals surface area contributed by atoms with Crippen LogP contribution in [-0.2, 0) is 9.47 Å². The molecular weight excluding hydrogens is 220 g/mol. The van der Waals surface area contributed by atoms with E-state index < -0.39 is 5.41 Å². The van der Waals surface area contributed by atoms with E-state index >= 15 is 0 Å². The number of hydrogen-bond donors (Lipinski definition) is 0. The van der Waals surface area contributed by atoms with Gasteiger partial charge in [0.25, 0.3) is 0 Å². The van der Waals surface area contributed by atoms with Crippen LogP contribution < -0.4 is 4.43 Å². The zero-order valence-electron chi connectivity index (χ0n) is 9.82. The molecule has 1 aromatic carbocycles. The third-order valence-corrected chi connectivity index (χ3v) is 3.37. The first-order valence-corrected chi connectivity index (χ1v) is 5.82. The molecule has 1 rings (SSSR count). The Labute approximate surface area is 99.0 Å². The molecule has 2 radical (unpaired) electrons. The average Bonchev–Trinajstić information content (AvgIpc) is 2.36. The maximum atomic E-state index is 5.68. The van der Waals surface area contributed by atoms with Crippen molar-refractivity contribution in [2.24, 2.45) is 0 Å². The molecule has 4 heteroatoms. The highest BCUT2D eigenvalue weighted by atomic mass is 28.2. The van der Waals surface area contributed by atoms with Gasteiger partial charge in [-0.25, -0.2) is 0 Å². The molecule has 0 fully saturated rings. The van der Waals surface area contributed by atoms with Gasteiger partial charge in [-0.1, -0.05) is 30.9 Å². The Balaban J connectivity index is 2.70. The van der Waals surface area contributed by atoms with E-state index in [1.807, 2.05) is 31.2 Å². The van der Waals surface area contributed by atoms with E-state index in [1.165, 1.54) is 0 Å². The molecule has 0 unspecified atom stereocenters. The van der Waals surface area contributed by atoms with Crippen molar-refractivity contribution in [1.29, 1.82) is 0 Å².